The van der Waals surface area contributed by atoms with E-state index < -0.39 is 0 Å². The van der Waals surface area contributed by atoms with E-state index in [1.165, 1.54) is 25.3 Å². The molecule has 2 N–H and O–H groups in total. The third kappa shape index (κ3) is 3.64. The number of methoxy groups -OCH3 is 1. The summed E-state index contributed by atoms with van der Waals surface area (Å²) < 4.78 is 4.69. The molecule has 1 saturated heterocycles. The van der Waals surface area contributed by atoms with Crippen LogP contribution in [-0.2, 0) is 11.2 Å². The van der Waals surface area contributed by atoms with Crippen molar-refractivity contribution < 1.29 is 24.5 Å². The summed E-state index contributed by atoms with van der Waals surface area (Å²) in [6.45, 7) is 1.14. The largest absolute Gasteiger partial charge is 0.507 e. The van der Waals surface area contributed by atoms with Crippen molar-refractivity contribution in [1.29, 1.82) is 0 Å². The molecule has 1 aliphatic heterocycles. The van der Waals surface area contributed by atoms with Gasteiger partial charge in [0.15, 0.2) is 0 Å². The monoisotopic (exact) mass is 355 g/mol. The van der Waals surface area contributed by atoms with Crippen molar-refractivity contribution in [3.05, 3.63) is 59.2 Å². The van der Waals surface area contributed by atoms with Gasteiger partial charge in [0.25, 0.3) is 5.91 Å². The fourth-order valence-corrected chi connectivity index (χ4v) is 3.32. The minimum Gasteiger partial charge on any atom is -0.507 e. The topological polar surface area (TPSA) is 87.1 Å². The predicted octanol–water partition coefficient (Wildman–Crippen LogP) is 2.59. The van der Waals surface area contributed by atoms with Gasteiger partial charge in [-0.2, -0.15) is 0 Å². The Kier molecular flexibility index (Phi) is 5.11. The summed E-state index contributed by atoms with van der Waals surface area (Å²) >= 11 is 0. The van der Waals surface area contributed by atoms with Gasteiger partial charge in [-0.05, 0) is 48.6 Å². The Morgan fingerprint density at radius 1 is 1.12 bits per heavy atom. The molecular weight excluding hydrogens is 334 g/mol. The lowest BCUT2D eigenvalue weighted by molar-refractivity contribution is 0.0600. The maximum Gasteiger partial charge on any atom is 0.337 e. The summed E-state index contributed by atoms with van der Waals surface area (Å²) in [6, 6.07) is 11.5. The molecule has 6 nitrogen and oxygen atoms in total. The zero-order chi connectivity index (χ0) is 18.7. The minimum atomic E-state index is -0.364. The highest BCUT2D eigenvalue weighted by atomic mass is 16.5. The highest BCUT2D eigenvalue weighted by Crippen LogP contribution is 2.30. The number of hydrogen-bond acceptors (Lipinski definition) is 5. The number of esters is 1. The molecule has 0 aliphatic carbocycles. The smallest absolute Gasteiger partial charge is 0.337 e. The predicted molar refractivity (Wildman–Crippen MR) is 95.3 cm³/mol. The number of amides is 1. The Balaban J connectivity index is 1.64. The van der Waals surface area contributed by atoms with Gasteiger partial charge in [-0.15, -0.1) is 0 Å². The van der Waals surface area contributed by atoms with Crippen LogP contribution in [0.4, 0.5) is 0 Å². The number of nitrogens with zero attached hydrogens (tertiary/aromatic N) is 1. The molecule has 1 unspecified atom stereocenters. The lowest BCUT2D eigenvalue weighted by atomic mass is 9.98. The second-order valence-electron chi connectivity index (χ2n) is 6.47. The van der Waals surface area contributed by atoms with Crippen LogP contribution in [0, 0.1) is 5.92 Å². The summed E-state index contributed by atoms with van der Waals surface area (Å²) in [4.78, 5) is 25.7. The normalized spacial score (nSPS) is 16.5. The van der Waals surface area contributed by atoms with E-state index in [2.05, 4.69) is 4.74 Å². The molecule has 0 spiro atoms. The molecular formula is C20H21NO5. The maximum atomic E-state index is 12.6. The van der Waals surface area contributed by atoms with Gasteiger partial charge in [0.2, 0.25) is 0 Å². The van der Waals surface area contributed by atoms with Gasteiger partial charge in [-0.25, -0.2) is 4.79 Å². The molecule has 1 heterocycles. The summed E-state index contributed by atoms with van der Waals surface area (Å²) in [5.41, 5.74) is 1.55. The van der Waals surface area contributed by atoms with Crippen molar-refractivity contribution in [2.45, 2.75) is 12.8 Å². The molecule has 3 rings (SSSR count). The average Bonchev–Trinajstić information content (AvgIpc) is 3.10. The molecule has 1 atom stereocenters. The van der Waals surface area contributed by atoms with Crippen LogP contribution in [0.2, 0.25) is 0 Å². The lowest BCUT2D eigenvalue weighted by Crippen LogP contribution is -2.29. The Labute approximate surface area is 151 Å². The summed E-state index contributed by atoms with van der Waals surface area (Å²) in [5, 5.41) is 19.7. The first-order valence-electron chi connectivity index (χ1n) is 8.47. The Hall–Kier alpha value is -3.02. The van der Waals surface area contributed by atoms with E-state index in [4.69, 9.17) is 0 Å². The van der Waals surface area contributed by atoms with Gasteiger partial charge >= 0.3 is 5.97 Å². The average molecular weight is 355 g/mol. The highest BCUT2D eigenvalue weighted by molar-refractivity contribution is 5.99. The SMILES string of the molecule is COC(=O)c1ccc(CC2CCN(C(=O)c3c(O)cccc3O)C2)cc1. The fraction of sp³-hybridized carbons (Fsp3) is 0.300. The van der Waals surface area contributed by atoms with Gasteiger partial charge in [-0.1, -0.05) is 18.2 Å². The van der Waals surface area contributed by atoms with E-state index in [1.807, 2.05) is 12.1 Å². The zero-order valence-corrected chi connectivity index (χ0v) is 14.5. The molecule has 1 amide bonds. The van der Waals surface area contributed by atoms with Crippen LogP contribution in [0.25, 0.3) is 0 Å². The van der Waals surface area contributed by atoms with Gasteiger partial charge in [-0.3, -0.25) is 4.79 Å². The first-order valence-corrected chi connectivity index (χ1v) is 8.47. The van der Waals surface area contributed by atoms with Gasteiger partial charge < -0.3 is 19.8 Å². The Morgan fingerprint density at radius 3 is 2.38 bits per heavy atom. The Morgan fingerprint density at radius 2 is 1.77 bits per heavy atom. The van der Waals surface area contributed by atoms with Crippen LogP contribution in [0.1, 0.15) is 32.7 Å². The number of ether oxygens (including phenoxy) is 1. The first kappa shape index (κ1) is 17.8. The number of rotatable bonds is 4. The number of phenolic OH excluding ortho intramolecular Hbond substituents is 2. The summed E-state index contributed by atoms with van der Waals surface area (Å²) in [7, 11) is 1.35. The quantitative estimate of drug-likeness (QED) is 0.823. The second-order valence-corrected chi connectivity index (χ2v) is 6.47. The fourth-order valence-electron chi connectivity index (χ4n) is 3.32. The molecule has 26 heavy (non-hydrogen) atoms. The number of hydrogen-bond donors (Lipinski definition) is 2. The molecule has 2 aromatic carbocycles. The van der Waals surface area contributed by atoms with Crippen molar-refractivity contribution in [2.75, 3.05) is 20.2 Å². The number of likely N-dealkylation sites (tertiary alicyclic amines) is 1. The molecule has 0 bridgehead atoms. The maximum absolute atomic E-state index is 12.6. The van der Waals surface area contributed by atoms with E-state index >= 15 is 0 Å². The lowest BCUT2D eigenvalue weighted by Gasteiger charge is -2.18. The van der Waals surface area contributed by atoms with E-state index in [0.29, 0.717) is 18.7 Å². The van der Waals surface area contributed by atoms with Gasteiger partial charge in [0.1, 0.15) is 17.1 Å². The van der Waals surface area contributed by atoms with Crippen LogP contribution in [0.5, 0.6) is 11.5 Å². The standard InChI is InChI=1S/C20H21NO5/c1-26-20(25)15-7-5-13(6-8-15)11-14-9-10-21(12-14)19(24)18-16(22)3-2-4-17(18)23/h2-8,14,22-23H,9-12H2,1H3. The van der Waals surface area contributed by atoms with E-state index in [1.54, 1.807) is 17.0 Å². The highest BCUT2D eigenvalue weighted by Gasteiger charge is 2.29. The van der Waals surface area contributed by atoms with E-state index in [-0.39, 0.29) is 34.9 Å². The second kappa shape index (κ2) is 7.47. The van der Waals surface area contributed by atoms with Crippen LogP contribution in [-0.4, -0.2) is 47.2 Å². The number of phenols is 2. The minimum absolute atomic E-state index is 0.0458. The Bertz CT molecular complexity index is 795. The summed E-state index contributed by atoms with van der Waals surface area (Å²) in [6.07, 6.45) is 1.64. The molecule has 136 valence electrons. The molecule has 6 heteroatoms. The summed E-state index contributed by atoms with van der Waals surface area (Å²) in [5.74, 6) is -0.856. The van der Waals surface area contributed by atoms with Crippen molar-refractivity contribution in [3.8, 4) is 11.5 Å². The molecule has 1 fully saturated rings. The van der Waals surface area contributed by atoms with E-state index in [0.717, 1.165) is 18.4 Å². The third-order valence-electron chi connectivity index (χ3n) is 4.71. The molecule has 0 saturated carbocycles. The molecule has 1 aliphatic rings. The third-order valence-corrected chi connectivity index (χ3v) is 4.71. The van der Waals surface area contributed by atoms with Gasteiger partial charge in [0.05, 0.1) is 12.7 Å². The van der Waals surface area contributed by atoms with Crippen molar-refractivity contribution in [3.63, 3.8) is 0 Å². The molecule has 0 aromatic heterocycles. The molecule has 0 radical (unpaired) electrons. The van der Waals surface area contributed by atoms with E-state index in [9.17, 15) is 19.8 Å². The number of carbonyl (C=O) groups is 2. The van der Waals surface area contributed by atoms with Crippen LogP contribution < -0.4 is 0 Å². The zero-order valence-electron chi connectivity index (χ0n) is 14.5. The number of aromatic hydroxyl groups is 2. The molecule has 2 aromatic rings. The van der Waals surface area contributed by atoms with Crippen LogP contribution >= 0.6 is 0 Å². The van der Waals surface area contributed by atoms with Crippen LogP contribution in [0.15, 0.2) is 42.5 Å². The van der Waals surface area contributed by atoms with Crippen molar-refractivity contribution in [2.24, 2.45) is 5.92 Å². The van der Waals surface area contributed by atoms with Crippen molar-refractivity contribution in [1.82, 2.24) is 4.90 Å². The number of benzene rings is 2. The van der Waals surface area contributed by atoms with Gasteiger partial charge in [0, 0.05) is 13.1 Å². The van der Waals surface area contributed by atoms with Crippen molar-refractivity contribution >= 4 is 11.9 Å². The first-order chi connectivity index (χ1) is 12.5. The number of carbonyl (C=O) groups excluding carboxylic acids is 2. The van der Waals surface area contributed by atoms with Crippen LogP contribution in [0.3, 0.4) is 0 Å².